The minimum Gasteiger partial charge on any atom is -0.281 e. The summed E-state index contributed by atoms with van der Waals surface area (Å²) in [7, 11) is 0. The Morgan fingerprint density at radius 1 is 0.750 bits per heavy atom. The first-order valence-corrected chi connectivity index (χ1v) is 7.42. The van der Waals surface area contributed by atoms with Crippen LogP contribution in [0.4, 0.5) is 0 Å². The lowest BCUT2D eigenvalue weighted by molar-refractivity contribution is -0.111. The molecule has 1 nitrogen and oxygen atoms in total. The molecule has 0 atom stereocenters. The van der Waals surface area contributed by atoms with Crippen LogP contribution in [0.5, 0.6) is 0 Å². The van der Waals surface area contributed by atoms with Gasteiger partial charge in [0.15, 0.2) is 0 Å². The molecule has 0 unspecified atom stereocenters. The van der Waals surface area contributed by atoms with Gasteiger partial charge in [-0.15, -0.1) is 0 Å². The summed E-state index contributed by atoms with van der Waals surface area (Å²) >= 11 is 5.37. The van der Waals surface area contributed by atoms with Crippen molar-refractivity contribution in [1.29, 1.82) is 0 Å². The summed E-state index contributed by atoms with van der Waals surface area (Å²) in [5.74, 6) is 0. The number of aryl methyl sites for hydroxylation is 2. The third kappa shape index (κ3) is 5.18. The van der Waals surface area contributed by atoms with Gasteiger partial charge in [-0.25, -0.2) is 0 Å². The maximum absolute atomic E-state index is 10.8. The van der Waals surface area contributed by atoms with Crippen molar-refractivity contribution in [3.63, 3.8) is 0 Å². The monoisotopic (exact) mass is 286 g/mol. The molecule has 0 N–H and O–H groups in total. The van der Waals surface area contributed by atoms with Crippen molar-refractivity contribution >= 4 is 16.8 Å². The Labute approximate surface area is 125 Å². The zero-order valence-electron chi connectivity index (χ0n) is 11.5. The van der Waals surface area contributed by atoms with Crippen molar-refractivity contribution in [3.8, 4) is 0 Å². The van der Waals surface area contributed by atoms with Crippen LogP contribution in [0.3, 0.4) is 0 Å². The van der Waals surface area contributed by atoms with Crippen LogP contribution >= 0.6 is 11.6 Å². The fourth-order valence-electron chi connectivity index (χ4n) is 2.29. The van der Waals surface area contributed by atoms with Gasteiger partial charge in [0.2, 0.25) is 5.24 Å². The Morgan fingerprint density at radius 2 is 1.25 bits per heavy atom. The second kappa shape index (κ2) is 7.86. The van der Waals surface area contributed by atoms with Crippen molar-refractivity contribution in [2.75, 3.05) is 0 Å². The van der Waals surface area contributed by atoms with Gasteiger partial charge in [0.25, 0.3) is 0 Å². The molecule has 2 rings (SSSR count). The highest BCUT2D eigenvalue weighted by Crippen LogP contribution is 2.11. The minimum absolute atomic E-state index is 0.305. The second-order valence-corrected chi connectivity index (χ2v) is 5.46. The van der Waals surface area contributed by atoms with Gasteiger partial charge < -0.3 is 0 Å². The Kier molecular flexibility index (Phi) is 5.82. The number of carbonyl (C=O) groups excluding carboxylic acids is 1. The maximum atomic E-state index is 10.8. The molecule has 20 heavy (non-hydrogen) atoms. The molecule has 104 valence electrons. The molecule has 0 spiro atoms. The number of hydrogen-bond donors (Lipinski definition) is 0. The first kappa shape index (κ1) is 14.8. The molecular formula is C18H19ClO. The Bertz CT molecular complexity index is 531. The first-order valence-electron chi connectivity index (χ1n) is 7.04. The molecular weight excluding hydrogens is 268 g/mol. The highest BCUT2D eigenvalue weighted by molar-refractivity contribution is 6.63. The van der Waals surface area contributed by atoms with Crippen LogP contribution in [0.1, 0.15) is 29.5 Å². The molecule has 0 aliphatic carbocycles. The second-order valence-electron chi connectivity index (χ2n) is 5.04. The average Bonchev–Trinajstić information content (AvgIpc) is 2.46. The maximum Gasteiger partial charge on any atom is 0.226 e. The predicted octanol–water partition coefficient (Wildman–Crippen LogP) is 4.56. The quantitative estimate of drug-likeness (QED) is 0.539. The van der Waals surface area contributed by atoms with Crippen molar-refractivity contribution in [1.82, 2.24) is 0 Å². The van der Waals surface area contributed by atoms with E-state index >= 15 is 0 Å². The number of carbonyl (C=O) groups is 1. The third-order valence-electron chi connectivity index (χ3n) is 3.39. The third-order valence-corrected chi connectivity index (χ3v) is 3.52. The van der Waals surface area contributed by atoms with E-state index in [1.165, 1.54) is 24.0 Å². The summed E-state index contributed by atoms with van der Waals surface area (Å²) in [5.41, 5.74) is 3.71. The van der Waals surface area contributed by atoms with Crippen LogP contribution in [0.25, 0.3) is 0 Å². The van der Waals surface area contributed by atoms with Crippen molar-refractivity contribution < 1.29 is 4.79 Å². The highest BCUT2D eigenvalue weighted by Gasteiger charge is 2.00. The molecule has 0 aromatic heterocycles. The number of halogens is 1. The molecule has 0 saturated heterocycles. The molecule has 0 heterocycles. The van der Waals surface area contributed by atoms with Crippen molar-refractivity contribution in [2.45, 2.75) is 32.1 Å². The van der Waals surface area contributed by atoms with Gasteiger partial charge >= 0.3 is 0 Å². The Balaban J connectivity index is 1.73. The lowest BCUT2D eigenvalue weighted by Gasteiger charge is -2.04. The topological polar surface area (TPSA) is 17.1 Å². The highest BCUT2D eigenvalue weighted by atomic mass is 35.5. The van der Waals surface area contributed by atoms with E-state index in [0.29, 0.717) is 6.42 Å². The van der Waals surface area contributed by atoms with Crippen molar-refractivity contribution in [2.24, 2.45) is 0 Å². The van der Waals surface area contributed by atoms with Crippen LogP contribution in [0.2, 0.25) is 0 Å². The van der Waals surface area contributed by atoms with E-state index in [9.17, 15) is 4.79 Å². The van der Waals surface area contributed by atoms with Crippen molar-refractivity contribution in [3.05, 3.63) is 71.3 Å². The van der Waals surface area contributed by atoms with Crippen LogP contribution in [-0.4, -0.2) is 5.24 Å². The number of unbranched alkanes of at least 4 members (excludes halogenated alkanes) is 1. The summed E-state index contributed by atoms with van der Waals surface area (Å²) in [6, 6.07) is 18.8. The summed E-state index contributed by atoms with van der Waals surface area (Å²) < 4.78 is 0. The van der Waals surface area contributed by atoms with E-state index < -0.39 is 0 Å². The molecule has 2 heteroatoms. The lowest BCUT2D eigenvalue weighted by atomic mass is 10.0. The molecule has 2 aromatic rings. The smallest absolute Gasteiger partial charge is 0.226 e. The Hall–Kier alpha value is -1.60. The van der Waals surface area contributed by atoms with Crippen LogP contribution in [-0.2, 0) is 24.1 Å². The summed E-state index contributed by atoms with van der Waals surface area (Å²) in [5, 5.41) is -0.305. The van der Waals surface area contributed by atoms with Gasteiger partial charge in [0.1, 0.15) is 0 Å². The molecule has 0 aliphatic rings. The molecule has 0 amide bonds. The average molecular weight is 287 g/mol. The minimum atomic E-state index is -0.305. The molecule has 0 bridgehead atoms. The SMILES string of the molecule is O=C(Cl)Cc1ccc(CCCCc2ccccc2)cc1. The first-order chi connectivity index (χ1) is 9.74. The normalized spacial score (nSPS) is 10.4. The summed E-state index contributed by atoms with van der Waals surface area (Å²) in [6.45, 7) is 0. The molecule has 0 aliphatic heterocycles. The number of benzene rings is 2. The van der Waals surface area contributed by atoms with E-state index in [2.05, 4.69) is 42.5 Å². The fraction of sp³-hybridized carbons (Fsp3) is 0.278. The van der Waals surface area contributed by atoms with Crippen LogP contribution in [0, 0.1) is 0 Å². The van der Waals surface area contributed by atoms with Gasteiger partial charge in [-0.05, 0) is 54.0 Å². The lowest BCUT2D eigenvalue weighted by Crippen LogP contribution is -1.94. The zero-order chi connectivity index (χ0) is 14.2. The number of hydrogen-bond acceptors (Lipinski definition) is 1. The van der Waals surface area contributed by atoms with E-state index in [1.807, 2.05) is 12.1 Å². The van der Waals surface area contributed by atoms with E-state index in [4.69, 9.17) is 11.6 Å². The van der Waals surface area contributed by atoms with E-state index in [1.54, 1.807) is 0 Å². The van der Waals surface area contributed by atoms with Crippen LogP contribution < -0.4 is 0 Å². The largest absolute Gasteiger partial charge is 0.281 e. The van der Waals surface area contributed by atoms with Gasteiger partial charge in [0.05, 0.1) is 0 Å². The van der Waals surface area contributed by atoms with Crippen LogP contribution in [0.15, 0.2) is 54.6 Å². The molecule has 2 aromatic carbocycles. The molecule has 0 saturated carbocycles. The summed E-state index contributed by atoms with van der Waals surface area (Å²) in [6.07, 6.45) is 4.92. The van der Waals surface area contributed by atoms with E-state index in [-0.39, 0.29) is 5.24 Å². The number of rotatable bonds is 7. The van der Waals surface area contributed by atoms with E-state index in [0.717, 1.165) is 18.4 Å². The van der Waals surface area contributed by atoms with Gasteiger partial charge in [-0.2, -0.15) is 0 Å². The standard InChI is InChI=1S/C18H19ClO/c19-18(20)14-17-12-10-16(11-13-17)9-5-4-8-15-6-2-1-3-7-15/h1-3,6-7,10-13H,4-5,8-9,14H2. The molecule has 0 radical (unpaired) electrons. The van der Waals surface area contributed by atoms with Gasteiger partial charge in [-0.3, -0.25) is 4.79 Å². The van der Waals surface area contributed by atoms with Gasteiger partial charge in [0, 0.05) is 6.42 Å². The zero-order valence-corrected chi connectivity index (χ0v) is 12.3. The van der Waals surface area contributed by atoms with Gasteiger partial charge in [-0.1, -0.05) is 54.6 Å². The molecule has 0 fully saturated rings. The summed E-state index contributed by atoms with van der Waals surface area (Å²) in [4.78, 5) is 10.8. The fourth-order valence-corrected chi connectivity index (χ4v) is 2.44. The Morgan fingerprint density at radius 3 is 1.80 bits per heavy atom. The predicted molar refractivity (Wildman–Crippen MR) is 84.1 cm³/mol.